The van der Waals surface area contributed by atoms with Crippen LogP contribution in [0.2, 0.25) is 0 Å². The first-order valence-electron chi connectivity index (χ1n) is 8.26. The molecule has 1 aliphatic heterocycles. The summed E-state index contributed by atoms with van der Waals surface area (Å²) in [5.74, 6) is -2.29. The van der Waals surface area contributed by atoms with Gasteiger partial charge in [-0.25, -0.2) is 9.59 Å². The maximum Gasteiger partial charge on any atom is 0.355 e. The lowest BCUT2D eigenvalue weighted by molar-refractivity contribution is -0.140. The molecule has 1 aromatic carbocycles. The molecule has 1 N–H and O–H groups in total. The Balaban J connectivity index is 2.35. The summed E-state index contributed by atoms with van der Waals surface area (Å²) in [5, 5.41) is 5.70. The van der Waals surface area contributed by atoms with Gasteiger partial charge in [-0.2, -0.15) is 0 Å². The zero-order valence-corrected chi connectivity index (χ0v) is 16.2. The Morgan fingerprint density at radius 3 is 2.33 bits per heavy atom. The third kappa shape index (κ3) is 3.14. The van der Waals surface area contributed by atoms with Crippen LogP contribution < -0.4 is 5.32 Å². The lowest BCUT2D eigenvalue weighted by Gasteiger charge is -2.30. The van der Waals surface area contributed by atoms with E-state index >= 15 is 0 Å². The Kier molecular flexibility index (Phi) is 5.14. The summed E-state index contributed by atoms with van der Waals surface area (Å²) in [6, 6.07) is 7.72. The Labute approximate surface area is 160 Å². The first-order valence-corrected chi connectivity index (χ1v) is 9.14. The predicted octanol–water partition coefficient (Wildman–Crippen LogP) is 3.05. The number of dihydropyridines is 1. The van der Waals surface area contributed by atoms with Gasteiger partial charge in [0.25, 0.3) is 0 Å². The monoisotopic (exact) mass is 385 g/mol. The molecule has 0 amide bonds. The Morgan fingerprint density at radius 1 is 1.04 bits per heavy atom. The molecule has 0 aliphatic carbocycles. The smallest absolute Gasteiger partial charge is 0.355 e. The van der Waals surface area contributed by atoms with Gasteiger partial charge in [0.2, 0.25) is 0 Å². The summed E-state index contributed by atoms with van der Waals surface area (Å²) in [6.07, 6.45) is 0. The number of allylic oxidation sites excluding steroid dienone is 2. The van der Waals surface area contributed by atoms with Crippen LogP contribution in [0.1, 0.15) is 25.3 Å². The van der Waals surface area contributed by atoms with Gasteiger partial charge in [0.05, 0.1) is 25.7 Å². The number of thiophene rings is 1. The molecule has 1 atom stereocenters. The largest absolute Gasteiger partial charge is 0.466 e. The van der Waals surface area contributed by atoms with Gasteiger partial charge in [0.1, 0.15) is 5.70 Å². The van der Waals surface area contributed by atoms with E-state index in [1.54, 1.807) is 6.92 Å². The molecule has 0 saturated carbocycles. The number of rotatable bonds is 4. The molecule has 2 heterocycles. The fourth-order valence-corrected chi connectivity index (χ4v) is 4.41. The van der Waals surface area contributed by atoms with Crippen molar-refractivity contribution in [2.24, 2.45) is 0 Å². The molecular formula is C20H19NO5S. The zero-order valence-electron chi connectivity index (χ0n) is 15.4. The second-order valence-electron chi connectivity index (χ2n) is 6.11. The number of benzene rings is 1. The molecule has 27 heavy (non-hydrogen) atoms. The van der Waals surface area contributed by atoms with Gasteiger partial charge in [-0.1, -0.05) is 18.2 Å². The fraction of sp³-hybridized carbons (Fsp3) is 0.250. The van der Waals surface area contributed by atoms with Crippen molar-refractivity contribution < 1.29 is 23.9 Å². The Morgan fingerprint density at radius 2 is 1.70 bits per heavy atom. The molecule has 1 unspecified atom stereocenters. The van der Waals surface area contributed by atoms with Gasteiger partial charge in [-0.05, 0) is 36.2 Å². The second-order valence-corrected chi connectivity index (χ2v) is 7.02. The molecule has 2 aromatic rings. The van der Waals surface area contributed by atoms with E-state index in [9.17, 15) is 14.4 Å². The number of hydrogen-bond acceptors (Lipinski definition) is 7. The Hall–Kier alpha value is -2.93. The summed E-state index contributed by atoms with van der Waals surface area (Å²) in [4.78, 5) is 37.5. The minimum atomic E-state index is -0.721. The molecule has 3 rings (SSSR count). The third-order valence-corrected chi connectivity index (χ3v) is 5.54. The van der Waals surface area contributed by atoms with E-state index in [2.05, 4.69) is 5.32 Å². The lowest BCUT2D eigenvalue weighted by atomic mass is 9.78. The summed E-state index contributed by atoms with van der Waals surface area (Å²) < 4.78 is 10.8. The summed E-state index contributed by atoms with van der Waals surface area (Å²) in [7, 11) is 2.48. The highest BCUT2D eigenvalue weighted by molar-refractivity contribution is 7.17. The third-order valence-electron chi connectivity index (χ3n) is 4.56. The second kappa shape index (κ2) is 7.36. The van der Waals surface area contributed by atoms with Gasteiger partial charge in [0, 0.05) is 16.0 Å². The van der Waals surface area contributed by atoms with Gasteiger partial charge in [-0.3, -0.25) is 4.79 Å². The zero-order chi connectivity index (χ0) is 19.7. The summed E-state index contributed by atoms with van der Waals surface area (Å²) in [5.41, 5.74) is 1.78. The highest BCUT2D eigenvalue weighted by Crippen LogP contribution is 2.43. The highest BCUT2D eigenvalue weighted by atomic mass is 32.1. The van der Waals surface area contributed by atoms with Crippen LogP contribution in [0.4, 0.5) is 0 Å². The molecule has 0 fully saturated rings. The van der Waals surface area contributed by atoms with E-state index in [0.29, 0.717) is 11.3 Å². The van der Waals surface area contributed by atoms with Crippen molar-refractivity contribution in [3.63, 3.8) is 0 Å². The van der Waals surface area contributed by atoms with Crippen molar-refractivity contribution in [1.82, 2.24) is 5.32 Å². The van der Waals surface area contributed by atoms with E-state index in [-0.39, 0.29) is 17.1 Å². The number of nitrogens with one attached hydrogen (secondary N) is 1. The van der Waals surface area contributed by atoms with E-state index in [4.69, 9.17) is 9.47 Å². The number of fused-ring (bicyclic) bond motifs is 1. The SMILES string of the molecule is COC(=O)C1=C(C(=O)OC)C(c2csc3ccccc23)C(C(C)=O)=C(C)N1. The van der Waals surface area contributed by atoms with E-state index in [0.717, 1.165) is 15.6 Å². The van der Waals surface area contributed by atoms with Crippen LogP contribution in [0.25, 0.3) is 10.1 Å². The minimum Gasteiger partial charge on any atom is -0.466 e. The first kappa shape index (κ1) is 18.8. The van der Waals surface area contributed by atoms with E-state index in [1.807, 2.05) is 29.6 Å². The molecule has 1 aliphatic rings. The van der Waals surface area contributed by atoms with Gasteiger partial charge in [-0.15, -0.1) is 11.3 Å². The normalized spacial score (nSPS) is 17.0. The molecule has 0 spiro atoms. The first-order chi connectivity index (χ1) is 12.9. The number of esters is 2. The average Bonchev–Trinajstić information content (AvgIpc) is 3.09. The van der Waals surface area contributed by atoms with E-state index in [1.165, 1.54) is 32.5 Å². The minimum absolute atomic E-state index is 0.00729. The van der Waals surface area contributed by atoms with Crippen LogP contribution in [0.5, 0.6) is 0 Å². The molecule has 7 heteroatoms. The topological polar surface area (TPSA) is 81.7 Å². The van der Waals surface area contributed by atoms with Crippen molar-refractivity contribution in [3.05, 3.63) is 57.7 Å². The van der Waals surface area contributed by atoms with Crippen LogP contribution in [-0.4, -0.2) is 31.9 Å². The van der Waals surface area contributed by atoms with Crippen LogP contribution in [0.3, 0.4) is 0 Å². The lowest BCUT2D eigenvalue weighted by Crippen LogP contribution is -2.35. The average molecular weight is 385 g/mol. The van der Waals surface area contributed by atoms with Crippen LogP contribution >= 0.6 is 11.3 Å². The quantitative estimate of drug-likeness (QED) is 0.815. The molecular weight excluding hydrogens is 366 g/mol. The molecule has 0 saturated heterocycles. The molecule has 6 nitrogen and oxygen atoms in total. The highest BCUT2D eigenvalue weighted by Gasteiger charge is 2.40. The predicted molar refractivity (Wildman–Crippen MR) is 102 cm³/mol. The number of hydrogen-bond donors (Lipinski definition) is 1. The van der Waals surface area contributed by atoms with Gasteiger partial charge >= 0.3 is 11.9 Å². The molecule has 140 valence electrons. The van der Waals surface area contributed by atoms with Crippen molar-refractivity contribution >= 4 is 39.1 Å². The maximum absolute atomic E-state index is 12.7. The van der Waals surface area contributed by atoms with Crippen LogP contribution in [0, 0.1) is 0 Å². The van der Waals surface area contributed by atoms with Crippen molar-refractivity contribution in [2.75, 3.05) is 14.2 Å². The van der Waals surface area contributed by atoms with Crippen LogP contribution in [-0.2, 0) is 23.9 Å². The van der Waals surface area contributed by atoms with Crippen molar-refractivity contribution in [3.8, 4) is 0 Å². The molecule has 1 aromatic heterocycles. The number of methoxy groups -OCH3 is 2. The molecule has 0 bridgehead atoms. The standard InChI is InChI=1S/C20H19NO5S/c1-10-15(11(2)22)16(13-9-27-14-8-6-5-7-12(13)14)17(19(23)25-3)18(21-10)20(24)26-4/h5-9,16,21H,1-4H3. The summed E-state index contributed by atoms with van der Waals surface area (Å²) in [6.45, 7) is 3.15. The number of ketones is 1. The number of carbonyl (C=O) groups excluding carboxylic acids is 3. The van der Waals surface area contributed by atoms with Crippen LogP contribution in [0.15, 0.2) is 52.2 Å². The van der Waals surface area contributed by atoms with E-state index < -0.39 is 17.9 Å². The van der Waals surface area contributed by atoms with Gasteiger partial charge < -0.3 is 14.8 Å². The fourth-order valence-electron chi connectivity index (χ4n) is 3.42. The number of ether oxygens (including phenoxy) is 2. The number of carbonyl (C=O) groups is 3. The summed E-state index contributed by atoms with van der Waals surface area (Å²) >= 11 is 1.51. The van der Waals surface area contributed by atoms with Gasteiger partial charge in [0.15, 0.2) is 5.78 Å². The maximum atomic E-state index is 12.7. The Bertz CT molecular complexity index is 1010. The van der Waals surface area contributed by atoms with Crippen molar-refractivity contribution in [1.29, 1.82) is 0 Å². The number of Topliss-reactive ketones (excluding diaryl/α,β-unsaturated/α-hetero) is 1. The molecule has 0 radical (unpaired) electrons. The van der Waals surface area contributed by atoms with Crippen molar-refractivity contribution in [2.45, 2.75) is 19.8 Å².